The molecule has 0 spiro atoms. The number of amides is 1. The van der Waals surface area contributed by atoms with E-state index < -0.39 is 0 Å². The summed E-state index contributed by atoms with van der Waals surface area (Å²) >= 11 is 6.04. The third-order valence-electron chi connectivity index (χ3n) is 6.34. The summed E-state index contributed by atoms with van der Waals surface area (Å²) in [6.07, 6.45) is 0. The maximum absolute atomic E-state index is 13.4. The number of ether oxygens (including phenoxy) is 1. The van der Waals surface area contributed by atoms with Crippen LogP contribution in [-0.2, 0) is 17.9 Å². The predicted octanol–water partition coefficient (Wildman–Crippen LogP) is 5.96. The van der Waals surface area contributed by atoms with Crippen LogP contribution in [0.15, 0.2) is 78.9 Å². The van der Waals surface area contributed by atoms with E-state index in [9.17, 15) is 9.59 Å². The van der Waals surface area contributed by atoms with Gasteiger partial charge in [-0.05, 0) is 61.4 Å². The molecule has 176 valence electrons. The van der Waals surface area contributed by atoms with Gasteiger partial charge in [-0.3, -0.25) is 9.59 Å². The SMILES string of the molecule is Cc1ccc(C(=O)c2ccc3n2Cc2ccccc2N(C(=O)COc2ccc(Cl)cc2C)C3)cc1. The zero-order valence-electron chi connectivity index (χ0n) is 19.6. The van der Waals surface area contributed by atoms with Crippen LogP contribution in [0.3, 0.4) is 0 Å². The van der Waals surface area contributed by atoms with Gasteiger partial charge in [0, 0.05) is 22.0 Å². The Balaban J connectivity index is 1.44. The van der Waals surface area contributed by atoms with E-state index in [4.69, 9.17) is 16.3 Å². The molecular formula is C29H25ClN2O3. The van der Waals surface area contributed by atoms with E-state index >= 15 is 0 Å². The van der Waals surface area contributed by atoms with Crippen LogP contribution in [0.5, 0.6) is 5.75 Å². The lowest BCUT2D eigenvalue weighted by Crippen LogP contribution is -2.34. The summed E-state index contributed by atoms with van der Waals surface area (Å²) in [5.41, 5.74) is 5.93. The van der Waals surface area contributed by atoms with E-state index in [2.05, 4.69) is 0 Å². The van der Waals surface area contributed by atoms with Crippen LogP contribution >= 0.6 is 11.6 Å². The first-order chi connectivity index (χ1) is 16.9. The van der Waals surface area contributed by atoms with Gasteiger partial charge >= 0.3 is 0 Å². The minimum Gasteiger partial charge on any atom is -0.483 e. The molecule has 2 heterocycles. The van der Waals surface area contributed by atoms with Crippen LogP contribution in [-0.4, -0.2) is 22.9 Å². The van der Waals surface area contributed by atoms with Crippen molar-refractivity contribution < 1.29 is 14.3 Å². The number of para-hydroxylation sites is 1. The number of carbonyl (C=O) groups is 2. The topological polar surface area (TPSA) is 51.5 Å². The third kappa shape index (κ3) is 4.60. The molecule has 1 amide bonds. The molecule has 35 heavy (non-hydrogen) atoms. The molecule has 0 aliphatic carbocycles. The van der Waals surface area contributed by atoms with Crippen molar-refractivity contribution in [2.45, 2.75) is 26.9 Å². The second-order valence-electron chi connectivity index (χ2n) is 8.80. The van der Waals surface area contributed by atoms with Crippen LogP contribution in [0.25, 0.3) is 0 Å². The molecule has 0 radical (unpaired) electrons. The average Bonchev–Trinajstić information content (AvgIpc) is 3.16. The Hall–Kier alpha value is -3.83. The number of hydrogen-bond acceptors (Lipinski definition) is 3. The molecule has 0 N–H and O–H groups in total. The number of ketones is 1. The summed E-state index contributed by atoms with van der Waals surface area (Å²) < 4.78 is 7.86. The average molecular weight is 485 g/mol. The van der Waals surface area contributed by atoms with Crippen molar-refractivity contribution in [1.82, 2.24) is 4.57 Å². The van der Waals surface area contributed by atoms with Crippen LogP contribution in [0.4, 0.5) is 5.69 Å². The number of anilines is 1. The number of rotatable bonds is 5. The van der Waals surface area contributed by atoms with Gasteiger partial charge < -0.3 is 14.2 Å². The maximum atomic E-state index is 13.4. The molecule has 0 saturated carbocycles. The molecule has 0 fully saturated rings. The fourth-order valence-corrected chi connectivity index (χ4v) is 4.65. The largest absolute Gasteiger partial charge is 0.483 e. The minimum atomic E-state index is -0.159. The van der Waals surface area contributed by atoms with Crippen molar-refractivity contribution in [3.63, 3.8) is 0 Å². The molecular weight excluding hydrogens is 460 g/mol. The van der Waals surface area contributed by atoms with Crippen LogP contribution in [0.1, 0.15) is 38.4 Å². The molecule has 0 atom stereocenters. The van der Waals surface area contributed by atoms with E-state index in [0.717, 1.165) is 28.1 Å². The number of benzene rings is 3. The Bertz CT molecular complexity index is 1420. The molecule has 6 heteroatoms. The first-order valence-electron chi connectivity index (χ1n) is 11.5. The van der Waals surface area contributed by atoms with Crippen LogP contribution < -0.4 is 9.64 Å². The van der Waals surface area contributed by atoms with Gasteiger partial charge in [0.05, 0.1) is 18.8 Å². The van der Waals surface area contributed by atoms with Crippen molar-refractivity contribution in [2.75, 3.05) is 11.5 Å². The number of hydrogen-bond donors (Lipinski definition) is 0. The van der Waals surface area contributed by atoms with E-state index in [0.29, 0.717) is 35.1 Å². The summed E-state index contributed by atoms with van der Waals surface area (Å²) in [7, 11) is 0. The monoisotopic (exact) mass is 484 g/mol. The van der Waals surface area contributed by atoms with E-state index in [1.807, 2.05) is 85.1 Å². The summed E-state index contributed by atoms with van der Waals surface area (Å²) in [4.78, 5) is 28.4. The quantitative estimate of drug-likeness (QED) is 0.328. The minimum absolute atomic E-state index is 0.0324. The van der Waals surface area contributed by atoms with E-state index in [1.165, 1.54) is 0 Å². The molecule has 1 aromatic heterocycles. The maximum Gasteiger partial charge on any atom is 0.265 e. The van der Waals surface area contributed by atoms with Gasteiger partial charge in [0.1, 0.15) is 5.75 Å². The molecule has 0 saturated heterocycles. The van der Waals surface area contributed by atoms with Gasteiger partial charge in [0.2, 0.25) is 5.78 Å². The highest BCUT2D eigenvalue weighted by Gasteiger charge is 2.27. The number of nitrogens with zero attached hydrogens (tertiary/aromatic N) is 2. The van der Waals surface area contributed by atoms with E-state index in [-0.39, 0.29) is 18.3 Å². The van der Waals surface area contributed by atoms with Gasteiger partial charge in [-0.2, -0.15) is 0 Å². The van der Waals surface area contributed by atoms with Crippen LogP contribution in [0.2, 0.25) is 5.02 Å². The Morgan fingerprint density at radius 2 is 1.69 bits per heavy atom. The van der Waals surface area contributed by atoms with Gasteiger partial charge in [-0.1, -0.05) is 59.6 Å². The van der Waals surface area contributed by atoms with E-state index in [1.54, 1.807) is 17.0 Å². The van der Waals surface area contributed by atoms with Crippen molar-refractivity contribution in [3.8, 4) is 5.75 Å². The fourth-order valence-electron chi connectivity index (χ4n) is 4.43. The van der Waals surface area contributed by atoms with Crippen LogP contribution in [0, 0.1) is 13.8 Å². The number of fused-ring (bicyclic) bond motifs is 2. The standard InChI is InChI=1S/C29H25ClN2O3/c1-19-7-9-21(10-8-19)29(34)26-13-12-24-17-32(25-6-4-3-5-22(25)16-31(24)26)28(33)18-35-27-14-11-23(30)15-20(27)2/h3-15H,16-18H2,1-2H3. The summed E-state index contributed by atoms with van der Waals surface area (Å²) in [5.74, 6) is 0.433. The Labute approximate surface area is 209 Å². The highest BCUT2D eigenvalue weighted by molar-refractivity contribution is 6.30. The zero-order valence-corrected chi connectivity index (χ0v) is 20.4. The molecule has 5 rings (SSSR count). The summed E-state index contributed by atoms with van der Waals surface area (Å²) in [5, 5.41) is 0.624. The van der Waals surface area contributed by atoms with Crippen molar-refractivity contribution >= 4 is 29.0 Å². The molecule has 3 aromatic carbocycles. The number of aryl methyl sites for hydroxylation is 2. The lowest BCUT2D eigenvalue weighted by Gasteiger charge is -2.23. The molecule has 0 bridgehead atoms. The molecule has 1 aliphatic rings. The van der Waals surface area contributed by atoms with Gasteiger partial charge in [-0.15, -0.1) is 0 Å². The van der Waals surface area contributed by atoms with Crippen molar-refractivity contribution in [1.29, 1.82) is 0 Å². The highest BCUT2D eigenvalue weighted by atomic mass is 35.5. The molecule has 0 unspecified atom stereocenters. The molecule has 5 nitrogen and oxygen atoms in total. The van der Waals surface area contributed by atoms with Gasteiger partial charge in [0.15, 0.2) is 6.61 Å². The Morgan fingerprint density at radius 1 is 0.914 bits per heavy atom. The number of halogens is 1. The normalized spacial score (nSPS) is 12.5. The van der Waals surface area contributed by atoms with Crippen molar-refractivity contribution in [3.05, 3.63) is 118 Å². The number of aromatic nitrogens is 1. The predicted molar refractivity (Wildman–Crippen MR) is 137 cm³/mol. The Morgan fingerprint density at radius 3 is 2.46 bits per heavy atom. The Kier molecular flexibility index (Phi) is 6.18. The van der Waals surface area contributed by atoms with Crippen molar-refractivity contribution in [2.24, 2.45) is 0 Å². The first-order valence-corrected chi connectivity index (χ1v) is 11.9. The molecule has 4 aromatic rings. The highest BCUT2D eigenvalue weighted by Crippen LogP contribution is 2.30. The number of carbonyl (C=O) groups excluding carboxylic acids is 2. The van der Waals surface area contributed by atoms with Gasteiger partial charge in [-0.25, -0.2) is 0 Å². The lowest BCUT2D eigenvalue weighted by molar-refractivity contribution is -0.120. The second-order valence-corrected chi connectivity index (χ2v) is 9.23. The summed E-state index contributed by atoms with van der Waals surface area (Å²) in [6, 6.07) is 24.5. The summed E-state index contributed by atoms with van der Waals surface area (Å²) in [6.45, 7) is 4.64. The third-order valence-corrected chi connectivity index (χ3v) is 6.57. The lowest BCUT2D eigenvalue weighted by atomic mass is 10.1. The molecule has 1 aliphatic heterocycles. The second kappa shape index (κ2) is 9.43. The zero-order chi connectivity index (χ0) is 24.5. The smallest absolute Gasteiger partial charge is 0.265 e. The first kappa shape index (κ1) is 22.9. The van der Waals surface area contributed by atoms with Gasteiger partial charge in [0.25, 0.3) is 5.91 Å². The fraction of sp³-hybridized carbons (Fsp3) is 0.172.